The summed E-state index contributed by atoms with van der Waals surface area (Å²) in [7, 11) is 0. The van der Waals surface area contributed by atoms with Crippen LogP contribution in [0.5, 0.6) is 5.75 Å². The van der Waals surface area contributed by atoms with E-state index in [0.717, 1.165) is 30.6 Å². The highest BCUT2D eigenvalue weighted by Gasteiger charge is 2.25. The molecule has 0 aliphatic heterocycles. The largest absolute Gasteiger partial charge is 0.494 e. The molecule has 5 nitrogen and oxygen atoms in total. The fourth-order valence-electron chi connectivity index (χ4n) is 2.67. The Kier molecular flexibility index (Phi) is 6.19. The Morgan fingerprint density at radius 1 is 1.39 bits per heavy atom. The fourth-order valence-corrected chi connectivity index (χ4v) is 2.67. The summed E-state index contributed by atoms with van der Waals surface area (Å²) in [6.07, 6.45) is 4.40. The monoisotopic (exact) mass is 314 g/mol. The average Bonchev–Trinajstić information content (AvgIpc) is 2.56. The minimum Gasteiger partial charge on any atom is -0.494 e. The van der Waals surface area contributed by atoms with Gasteiger partial charge in [0.15, 0.2) is 0 Å². The summed E-state index contributed by atoms with van der Waals surface area (Å²) in [6.45, 7) is 2.50. The molecule has 1 amide bonds. The second kappa shape index (κ2) is 8.35. The second-order valence-corrected chi connectivity index (χ2v) is 5.60. The van der Waals surface area contributed by atoms with Gasteiger partial charge in [0.1, 0.15) is 17.4 Å². The van der Waals surface area contributed by atoms with Crippen LogP contribution in [0.4, 0.5) is 0 Å². The van der Waals surface area contributed by atoms with Crippen molar-refractivity contribution < 1.29 is 14.6 Å². The van der Waals surface area contributed by atoms with E-state index in [0.29, 0.717) is 13.0 Å². The van der Waals surface area contributed by atoms with Crippen LogP contribution in [0.15, 0.2) is 29.8 Å². The maximum Gasteiger partial charge on any atom is 0.262 e. The Morgan fingerprint density at radius 3 is 2.70 bits per heavy atom. The van der Waals surface area contributed by atoms with Gasteiger partial charge in [-0.1, -0.05) is 25.0 Å². The molecule has 1 saturated carbocycles. The van der Waals surface area contributed by atoms with E-state index >= 15 is 0 Å². The number of aliphatic hydroxyl groups is 1. The van der Waals surface area contributed by atoms with Crippen LogP contribution in [0, 0.1) is 11.3 Å². The number of aliphatic hydroxyl groups excluding tert-OH is 1. The number of hydrogen-bond acceptors (Lipinski definition) is 4. The molecule has 0 saturated heterocycles. The van der Waals surface area contributed by atoms with Crippen molar-refractivity contribution in [3.63, 3.8) is 0 Å². The third-order valence-corrected chi connectivity index (χ3v) is 3.91. The predicted molar refractivity (Wildman–Crippen MR) is 87.6 cm³/mol. The Balaban J connectivity index is 2.05. The van der Waals surface area contributed by atoms with Crippen LogP contribution in [-0.2, 0) is 4.79 Å². The first kappa shape index (κ1) is 17.0. The van der Waals surface area contributed by atoms with Crippen molar-refractivity contribution in [3.05, 3.63) is 35.4 Å². The number of carbonyl (C=O) groups is 1. The lowest BCUT2D eigenvalue weighted by molar-refractivity contribution is -0.118. The van der Waals surface area contributed by atoms with Crippen molar-refractivity contribution in [2.75, 3.05) is 6.61 Å². The second-order valence-electron chi connectivity index (χ2n) is 5.60. The van der Waals surface area contributed by atoms with E-state index in [1.165, 1.54) is 0 Å². The molecule has 5 heteroatoms. The Bertz CT molecular complexity index is 602. The molecule has 23 heavy (non-hydrogen) atoms. The lowest BCUT2D eigenvalue weighted by Gasteiger charge is -2.28. The van der Waals surface area contributed by atoms with Gasteiger partial charge in [-0.2, -0.15) is 5.26 Å². The van der Waals surface area contributed by atoms with Crippen LogP contribution in [0.25, 0.3) is 6.08 Å². The van der Waals surface area contributed by atoms with Crippen LogP contribution in [0.1, 0.15) is 38.2 Å². The molecule has 2 unspecified atom stereocenters. The van der Waals surface area contributed by atoms with E-state index in [2.05, 4.69) is 5.32 Å². The van der Waals surface area contributed by atoms with Crippen molar-refractivity contribution >= 4 is 12.0 Å². The molecule has 2 atom stereocenters. The van der Waals surface area contributed by atoms with E-state index in [1.807, 2.05) is 13.0 Å². The number of nitrogens with one attached hydrogen (secondary N) is 1. The van der Waals surface area contributed by atoms with Gasteiger partial charge in [-0.15, -0.1) is 0 Å². The molecule has 2 N–H and O–H groups in total. The summed E-state index contributed by atoms with van der Waals surface area (Å²) >= 11 is 0. The average molecular weight is 314 g/mol. The van der Waals surface area contributed by atoms with E-state index in [-0.39, 0.29) is 11.6 Å². The van der Waals surface area contributed by atoms with Gasteiger partial charge in [0.25, 0.3) is 5.91 Å². The van der Waals surface area contributed by atoms with Gasteiger partial charge >= 0.3 is 0 Å². The summed E-state index contributed by atoms with van der Waals surface area (Å²) in [5.41, 5.74) is 0.788. The highest BCUT2D eigenvalue weighted by atomic mass is 16.5. The molecule has 1 aliphatic carbocycles. The van der Waals surface area contributed by atoms with Gasteiger partial charge in [-0.3, -0.25) is 4.79 Å². The van der Waals surface area contributed by atoms with Gasteiger partial charge in [0.05, 0.1) is 18.8 Å². The summed E-state index contributed by atoms with van der Waals surface area (Å²) in [6, 6.07) is 8.85. The molecule has 0 heterocycles. The topological polar surface area (TPSA) is 82.3 Å². The molecule has 0 spiro atoms. The van der Waals surface area contributed by atoms with Gasteiger partial charge < -0.3 is 15.2 Å². The van der Waals surface area contributed by atoms with Crippen LogP contribution >= 0.6 is 0 Å². The molecule has 0 radical (unpaired) electrons. The van der Waals surface area contributed by atoms with Crippen LogP contribution in [0.2, 0.25) is 0 Å². The maximum absolute atomic E-state index is 12.2. The number of rotatable bonds is 5. The minimum atomic E-state index is -0.530. The Morgan fingerprint density at radius 2 is 2.09 bits per heavy atom. The first-order valence-corrected chi connectivity index (χ1v) is 7.97. The molecule has 1 aromatic rings. The SMILES string of the molecule is CCOc1ccc(/C=C(/C#N)C(=O)NC2CCCCC2O)cc1. The zero-order chi connectivity index (χ0) is 16.7. The summed E-state index contributed by atoms with van der Waals surface area (Å²) in [5.74, 6) is 0.310. The van der Waals surface area contributed by atoms with Gasteiger partial charge in [0.2, 0.25) is 0 Å². The summed E-state index contributed by atoms with van der Waals surface area (Å²) in [5, 5.41) is 21.9. The highest BCUT2D eigenvalue weighted by Crippen LogP contribution is 2.19. The zero-order valence-corrected chi connectivity index (χ0v) is 13.3. The summed E-state index contributed by atoms with van der Waals surface area (Å²) < 4.78 is 5.36. The molecular weight excluding hydrogens is 292 g/mol. The number of nitriles is 1. The van der Waals surface area contributed by atoms with Gasteiger partial charge in [-0.05, 0) is 43.5 Å². The molecule has 0 bridgehead atoms. The van der Waals surface area contributed by atoms with Crippen molar-refractivity contribution in [1.82, 2.24) is 5.32 Å². The number of hydrogen-bond donors (Lipinski definition) is 2. The zero-order valence-electron chi connectivity index (χ0n) is 13.3. The van der Waals surface area contributed by atoms with Gasteiger partial charge in [0, 0.05) is 0 Å². The molecule has 122 valence electrons. The molecule has 1 aromatic carbocycles. The van der Waals surface area contributed by atoms with Crippen molar-refractivity contribution in [2.24, 2.45) is 0 Å². The molecule has 1 aliphatic rings. The molecule has 1 fully saturated rings. The van der Waals surface area contributed by atoms with Gasteiger partial charge in [-0.25, -0.2) is 0 Å². The van der Waals surface area contributed by atoms with E-state index in [9.17, 15) is 15.2 Å². The Hall–Kier alpha value is -2.32. The first-order valence-electron chi connectivity index (χ1n) is 7.97. The number of nitrogens with zero attached hydrogens (tertiary/aromatic N) is 1. The van der Waals surface area contributed by atoms with Crippen molar-refractivity contribution in [1.29, 1.82) is 5.26 Å². The third kappa shape index (κ3) is 4.83. The third-order valence-electron chi connectivity index (χ3n) is 3.91. The standard InChI is InChI=1S/C18H22N2O3/c1-2-23-15-9-7-13(8-10-15)11-14(12-19)18(22)20-16-5-3-4-6-17(16)21/h7-11,16-17,21H,2-6H2,1H3,(H,20,22)/b14-11-. The number of amides is 1. The quantitative estimate of drug-likeness (QED) is 0.646. The lowest BCUT2D eigenvalue weighted by Crippen LogP contribution is -2.45. The smallest absolute Gasteiger partial charge is 0.262 e. The summed E-state index contributed by atoms with van der Waals surface area (Å²) in [4.78, 5) is 12.2. The van der Waals surface area contributed by atoms with E-state index < -0.39 is 12.0 Å². The normalized spacial score (nSPS) is 21.3. The molecule has 2 rings (SSSR count). The first-order chi connectivity index (χ1) is 11.1. The van der Waals surface area contributed by atoms with Crippen LogP contribution < -0.4 is 10.1 Å². The number of ether oxygens (including phenoxy) is 1. The van der Waals surface area contributed by atoms with Crippen LogP contribution in [-0.4, -0.2) is 29.8 Å². The lowest BCUT2D eigenvalue weighted by atomic mass is 9.92. The molecule has 0 aromatic heterocycles. The molecular formula is C18H22N2O3. The Labute approximate surface area is 136 Å². The number of carbonyl (C=O) groups excluding carboxylic acids is 1. The number of benzene rings is 1. The van der Waals surface area contributed by atoms with Crippen molar-refractivity contribution in [2.45, 2.75) is 44.8 Å². The minimum absolute atomic E-state index is 0.0342. The van der Waals surface area contributed by atoms with E-state index in [4.69, 9.17) is 4.74 Å². The van der Waals surface area contributed by atoms with E-state index in [1.54, 1.807) is 30.3 Å². The van der Waals surface area contributed by atoms with Crippen molar-refractivity contribution in [3.8, 4) is 11.8 Å². The predicted octanol–water partition coefficient (Wildman–Crippen LogP) is 2.41. The van der Waals surface area contributed by atoms with Crippen LogP contribution in [0.3, 0.4) is 0 Å². The highest BCUT2D eigenvalue weighted by molar-refractivity contribution is 6.01. The fraction of sp³-hybridized carbons (Fsp3) is 0.444. The maximum atomic E-state index is 12.2.